The maximum atomic E-state index is 10.6. The normalized spacial score (nSPS) is 19.8. The smallest absolute Gasteiger partial charge is 0.0728 e. The fourth-order valence-corrected chi connectivity index (χ4v) is 2.51. The highest BCUT2D eigenvalue weighted by atomic mass is 16.3. The van der Waals surface area contributed by atoms with E-state index in [9.17, 15) is 5.11 Å². The Kier molecular flexibility index (Phi) is 3.06. The van der Waals surface area contributed by atoms with Gasteiger partial charge in [0.05, 0.1) is 11.3 Å². The number of nitrogens with zero attached hydrogens (tertiary/aromatic N) is 2. The van der Waals surface area contributed by atoms with E-state index in [0.29, 0.717) is 5.92 Å². The summed E-state index contributed by atoms with van der Waals surface area (Å²) in [7, 11) is 0. The van der Waals surface area contributed by atoms with E-state index in [2.05, 4.69) is 25.0 Å². The van der Waals surface area contributed by atoms with Gasteiger partial charge in [0.2, 0.25) is 0 Å². The molecule has 0 radical (unpaired) electrons. The zero-order chi connectivity index (χ0) is 11.8. The lowest BCUT2D eigenvalue weighted by molar-refractivity contribution is 0.0121. The average Bonchev–Trinajstić information content (AvgIpc) is 3.05. The molecule has 0 bridgehead atoms. The molecule has 0 aromatic carbocycles. The van der Waals surface area contributed by atoms with Gasteiger partial charge in [-0.1, -0.05) is 6.92 Å². The molecule has 1 aliphatic rings. The van der Waals surface area contributed by atoms with Gasteiger partial charge in [0, 0.05) is 18.7 Å². The molecule has 1 unspecified atom stereocenters. The fourth-order valence-electron chi connectivity index (χ4n) is 2.51. The van der Waals surface area contributed by atoms with Gasteiger partial charge in [0.1, 0.15) is 0 Å². The molecule has 1 N–H and O–H groups in total. The van der Waals surface area contributed by atoms with Crippen molar-refractivity contribution in [3.63, 3.8) is 0 Å². The van der Waals surface area contributed by atoms with E-state index in [0.717, 1.165) is 25.1 Å². The second kappa shape index (κ2) is 4.21. The minimum absolute atomic E-state index is 0.501. The van der Waals surface area contributed by atoms with Crippen LogP contribution in [0.25, 0.3) is 0 Å². The lowest BCUT2D eigenvalue weighted by Crippen LogP contribution is -2.34. The van der Waals surface area contributed by atoms with Crippen molar-refractivity contribution in [3.05, 3.63) is 17.5 Å². The summed E-state index contributed by atoms with van der Waals surface area (Å²) in [6.07, 6.45) is 3.96. The largest absolute Gasteiger partial charge is 0.389 e. The molecule has 90 valence electrons. The van der Waals surface area contributed by atoms with Gasteiger partial charge >= 0.3 is 0 Å². The van der Waals surface area contributed by atoms with E-state index in [1.807, 2.05) is 11.6 Å². The first kappa shape index (κ1) is 11.6. The molecule has 1 heterocycles. The molecule has 1 aliphatic carbocycles. The molecule has 1 atom stereocenters. The highest BCUT2D eigenvalue weighted by molar-refractivity contribution is 5.13. The Balaban J connectivity index is 2.17. The highest BCUT2D eigenvalue weighted by Crippen LogP contribution is 2.43. The fraction of sp³-hybridized carbons (Fsp3) is 0.769. The van der Waals surface area contributed by atoms with Gasteiger partial charge in [-0.3, -0.25) is 4.68 Å². The van der Waals surface area contributed by atoms with Crippen LogP contribution in [0.5, 0.6) is 0 Å². The minimum atomic E-state index is -0.501. The summed E-state index contributed by atoms with van der Waals surface area (Å²) in [5.74, 6) is 0.512. The van der Waals surface area contributed by atoms with Crippen molar-refractivity contribution < 1.29 is 5.11 Å². The quantitative estimate of drug-likeness (QED) is 0.830. The standard InChI is InChI=1S/C13H22N2O/c1-4-13(16,11-6-7-11)9-12-8-10(3)14-15(12)5-2/h8,11,16H,4-7,9H2,1-3H3. The van der Waals surface area contributed by atoms with E-state index in [1.165, 1.54) is 18.5 Å². The van der Waals surface area contributed by atoms with E-state index in [1.54, 1.807) is 0 Å². The van der Waals surface area contributed by atoms with Crippen molar-refractivity contribution in [2.24, 2.45) is 5.92 Å². The molecule has 3 heteroatoms. The zero-order valence-electron chi connectivity index (χ0n) is 10.5. The Morgan fingerprint density at radius 1 is 1.50 bits per heavy atom. The van der Waals surface area contributed by atoms with Gasteiger partial charge < -0.3 is 5.11 Å². The molecule has 3 nitrogen and oxygen atoms in total. The Morgan fingerprint density at radius 2 is 2.19 bits per heavy atom. The van der Waals surface area contributed by atoms with Crippen LogP contribution in [0.15, 0.2) is 6.07 Å². The Labute approximate surface area is 97.5 Å². The molecular weight excluding hydrogens is 200 g/mol. The second-order valence-corrected chi connectivity index (χ2v) is 5.00. The van der Waals surface area contributed by atoms with Gasteiger partial charge in [0.25, 0.3) is 0 Å². The van der Waals surface area contributed by atoms with Crippen LogP contribution in [-0.2, 0) is 13.0 Å². The summed E-state index contributed by atoms with van der Waals surface area (Å²) >= 11 is 0. The Morgan fingerprint density at radius 3 is 2.69 bits per heavy atom. The molecule has 0 amide bonds. The molecule has 1 aromatic heterocycles. The van der Waals surface area contributed by atoms with Gasteiger partial charge in [-0.25, -0.2) is 0 Å². The molecule has 0 aliphatic heterocycles. The lowest BCUT2D eigenvalue weighted by Gasteiger charge is -2.26. The van der Waals surface area contributed by atoms with Crippen molar-refractivity contribution >= 4 is 0 Å². The molecular formula is C13H22N2O. The summed E-state index contributed by atoms with van der Waals surface area (Å²) in [5.41, 5.74) is 1.72. The lowest BCUT2D eigenvalue weighted by atomic mass is 9.89. The summed E-state index contributed by atoms with van der Waals surface area (Å²) in [4.78, 5) is 0. The van der Waals surface area contributed by atoms with E-state index >= 15 is 0 Å². The minimum Gasteiger partial charge on any atom is -0.389 e. The average molecular weight is 222 g/mol. The number of hydrogen-bond acceptors (Lipinski definition) is 2. The van der Waals surface area contributed by atoms with E-state index < -0.39 is 5.60 Å². The van der Waals surface area contributed by atoms with Crippen LogP contribution in [0, 0.1) is 12.8 Å². The topological polar surface area (TPSA) is 38.0 Å². The van der Waals surface area contributed by atoms with Crippen LogP contribution in [0.4, 0.5) is 0 Å². The SMILES string of the molecule is CCn1nc(C)cc1CC(O)(CC)C1CC1. The molecule has 1 saturated carbocycles. The third kappa shape index (κ3) is 2.14. The molecule has 16 heavy (non-hydrogen) atoms. The predicted molar refractivity (Wildman–Crippen MR) is 64.3 cm³/mol. The maximum Gasteiger partial charge on any atom is 0.0728 e. The molecule has 2 rings (SSSR count). The van der Waals surface area contributed by atoms with Gasteiger partial charge in [-0.15, -0.1) is 0 Å². The van der Waals surface area contributed by atoms with Crippen LogP contribution in [0.1, 0.15) is 44.5 Å². The number of aryl methyl sites for hydroxylation is 2. The number of aliphatic hydroxyl groups is 1. The van der Waals surface area contributed by atoms with Crippen molar-refractivity contribution in [1.29, 1.82) is 0 Å². The maximum absolute atomic E-state index is 10.6. The second-order valence-electron chi connectivity index (χ2n) is 5.00. The highest BCUT2D eigenvalue weighted by Gasteiger charge is 2.42. The van der Waals surface area contributed by atoms with Gasteiger partial charge in [-0.2, -0.15) is 5.10 Å². The summed E-state index contributed by atoms with van der Waals surface area (Å²) < 4.78 is 2.01. The first-order chi connectivity index (χ1) is 7.59. The van der Waals surface area contributed by atoms with Crippen molar-refractivity contribution in [2.75, 3.05) is 0 Å². The third-order valence-electron chi connectivity index (χ3n) is 3.72. The molecule has 1 fully saturated rings. The van der Waals surface area contributed by atoms with Crippen LogP contribution >= 0.6 is 0 Å². The monoisotopic (exact) mass is 222 g/mol. The summed E-state index contributed by atoms with van der Waals surface area (Å²) in [6, 6.07) is 2.10. The van der Waals surface area contributed by atoms with Crippen molar-refractivity contribution in [3.8, 4) is 0 Å². The first-order valence-corrected chi connectivity index (χ1v) is 6.34. The summed E-state index contributed by atoms with van der Waals surface area (Å²) in [5, 5.41) is 15.0. The van der Waals surface area contributed by atoms with Crippen molar-refractivity contribution in [2.45, 2.75) is 58.6 Å². The Hall–Kier alpha value is -0.830. The number of hydrogen-bond donors (Lipinski definition) is 1. The zero-order valence-corrected chi connectivity index (χ0v) is 10.5. The third-order valence-corrected chi connectivity index (χ3v) is 3.72. The van der Waals surface area contributed by atoms with Crippen LogP contribution < -0.4 is 0 Å². The van der Waals surface area contributed by atoms with Crippen molar-refractivity contribution in [1.82, 2.24) is 9.78 Å². The molecule has 0 spiro atoms. The van der Waals surface area contributed by atoms with E-state index in [4.69, 9.17) is 0 Å². The van der Waals surface area contributed by atoms with Gasteiger partial charge in [0.15, 0.2) is 0 Å². The number of aromatic nitrogens is 2. The first-order valence-electron chi connectivity index (χ1n) is 6.34. The van der Waals surface area contributed by atoms with Gasteiger partial charge in [-0.05, 0) is 45.1 Å². The predicted octanol–water partition coefficient (Wildman–Crippen LogP) is 2.31. The van der Waals surface area contributed by atoms with Crippen LogP contribution in [0.3, 0.4) is 0 Å². The summed E-state index contributed by atoms with van der Waals surface area (Å²) in [6.45, 7) is 7.07. The van der Waals surface area contributed by atoms with Crippen LogP contribution in [-0.4, -0.2) is 20.5 Å². The molecule has 1 aromatic rings. The molecule has 0 saturated heterocycles. The van der Waals surface area contributed by atoms with E-state index in [-0.39, 0.29) is 0 Å². The Bertz CT molecular complexity index is 368. The number of rotatable bonds is 5. The van der Waals surface area contributed by atoms with Crippen LogP contribution in [0.2, 0.25) is 0 Å².